The van der Waals surface area contributed by atoms with Gasteiger partial charge >= 0.3 is 0 Å². The van der Waals surface area contributed by atoms with Gasteiger partial charge in [-0.3, -0.25) is 4.98 Å². The predicted octanol–water partition coefficient (Wildman–Crippen LogP) is 1.22. The Balaban J connectivity index is 2.41. The zero-order valence-electron chi connectivity index (χ0n) is 12.3. The van der Waals surface area contributed by atoms with Crippen LogP contribution in [-0.4, -0.2) is 33.3 Å². The molecule has 0 aromatic carbocycles. The molecule has 7 nitrogen and oxygen atoms in total. The van der Waals surface area contributed by atoms with Crippen molar-refractivity contribution in [1.82, 2.24) is 15.2 Å². The topological polar surface area (TPSA) is 101 Å². The molecule has 7 heteroatoms. The van der Waals surface area contributed by atoms with Crippen molar-refractivity contribution >= 4 is 11.7 Å². The average molecular weight is 286 g/mol. The van der Waals surface area contributed by atoms with Crippen LogP contribution in [0.1, 0.15) is 22.5 Å². The van der Waals surface area contributed by atoms with Gasteiger partial charge in [-0.05, 0) is 31.5 Å². The van der Waals surface area contributed by atoms with E-state index < -0.39 is 0 Å². The van der Waals surface area contributed by atoms with E-state index in [2.05, 4.69) is 20.3 Å². The quantitative estimate of drug-likeness (QED) is 0.379. The Hall–Kier alpha value is -2.70. The van der Waals surface area contributed by atoms with Crippen LogP contribution >= 0.6 is 0 Å². The molecule has 0 amide bonds. The maximum Gasteiger partial charge on any atom is 0.174 e. The van der Waals surface area contributed by atoms with E-state index in [1.54, 1.807) is 6.20 Å². The van der Waals surface area contributed by atoms with Crippen LogP contribution in [0.3, 0.4) is 0 Å². The molecule has 3 N–H and O–H groups in total. The molecular weight excluding hydrogens is 268 g/mol. The average Bonchev–Trinajstić information content (AvgIpc) is 2.50. The van der Waals surface area contributed by atoms with E-state index in [4.69, 9.17) is 10.9 Å². The highest BCUT2D eigenvalue weighted by molar-refractivity contribution is 6.02. The number of nitrogens with two attached hydrogens (primary N) is 1. The number of pyridine rings is 1. The Bertz CT molecular complexity index is 656. The molecule has 0 atom stereocenters. The first-order chi connectivity index (χ1) is 10.0. The molecule has 2 aromatic heterocycles. The van der Waals surface area contributed by atoms with Gasteiger partial charge in [0, 0.05) is 13.2 Å². The molecule has 2 aromatic rings. The van der Waals surface area contributed by atoms with Crippen LogP contribution in [-0.2, 0) is 6.54 Å². The lowest BCUT2D eigenvalue weighted by Crippen LogP contribution is -2.26. The molecule has 2 rings (SSSR count). The van der Waals surface area contributed by atoms with Crippen molar-refractivity contribution in [2.75, 3.05) is 11.9 Å². The fourth-order valence-electron chi connectivity index (χ4n) is 2.03. The maximum absolute atomic E-state index is 8.98. The second kappa shape index (κ2) is 6.17. The number of hydrogen-bond donors (Lipinski definition) is 2. The fraction of sp³-hybridized carbons (Fsp3) is 0.286. The standard InChI is InChI=1S/C14H18N6O/c1-9-10(2)17-18-14(12(9)13(15)19-21)20(3)8-11-6-4-5-7-16-11/h4-7,21H,8H2,1-3H3,(H2,15,19). The Morgan fingerprint density at radius 2 is 2.10 bits per heavy atom. The summed E-state index contributed by atoms with van der Waals surface area (Å²) in [6, 6.07) is 5.71. The first-order valence-electron chi connectivity index (χ1n) is 6.47. The largest absolute Gasteiger partial charge is 0.409 e. The second-order valence-electron chi connectivity index (χ2n) is 4.77. The van der Waals surface area contributed by atoms with E-state index in [1.165, 1.54) is 0 Å². The van der Waals surface area contributed by atoms with Gasteiger partial charge in [-0.15, -0.1) is 5.10 Å². The third-order valence-electron chi connectivity index (χ3n) is 3.29. The van der Waals surface area contributed by atoms with Gasteiger partial charge in [0.15, 0.2) is 11.7 Å². The van der Waals surface area contributed by atoms with E-state index in [9.17, 15) is 0 Å². The SMILES string of the molecule is Cc1nnc(N(C)Cc2ccccn2)c(/C(N)=N/O)c1C. The van der Waals surface area contributed by atoms with Crippen LogP contribution in [0, 0.1) is 13.8 Å². The number of rotatable bonds is 4. The first kappa shape index (κ1) is 14.7. The number of amidine groups is 1. The highest BCUT2D eigenvalue weighted by atomic mass is 16.4. The van der Waals surface area contributed by atoms with Gasteiger partial charge in [-0.2, -0.15) is 5.10 Å². The summed E-state index contributed by atoms with van der Waals surface area (Å²) in [5.74, 6) is 0.576. The van der Waals surface area contributed by atoms with Crippen molar-refractivity contribution in [2.45, 2.75) is 20.4 Å². The highest BCUT2D eigenvalue weighted by Gasteiger charge is 2.18. The molecule has 110 valence electrons. The van der Waals surface area contributed by atoms with Gasteiger partial charge in [0.05, 0.1) is 23.5 Å². The summed E-state index contributed by atoms with van der Waals surface area (Å²) in [6.07, 6.45) is 1.74. The molecular formula is C14H18N6O. The van der Waals surface area contributed by atoms with E-state index in [0.717, 1.165) is 17.0 Å². The second-order valence-corrected chi connectivity index (χ2v) is 4.77. The number of hydrogen-bond acceptors (Lipinski definition) is 6. The normalized spacial score (nSPS) is 11.5. The Morgan fingerprint density at radius 3 is 2.71 bits per heavy atom. The number of aryl methyl sites for hydroxylation is 1. The van der Waals surface area contributed by atoms with Gasteiger partial charge in [0.1, 0.15) is 0 Å². The summed E-state index contributed by atoms with van der Waals surface area (Å²) in [5, 5.41) is 20.4. The van der Waals surface area contributed by atoms with Crippen molar-refractivity contribution in [3.63, 3.8) is 0 Å². The van der Waals surface area contributed by atoms with Crippen molar-refractivity contribution in [3.8, 4) is 0 Å². The minimum absolute atomic E-state index is 0.0216. The van der Waals surface area contributed by atoms with Crippen molar-refractivity contribution in [1.29, 1.82) is 0 Å². The van der Waals surface area contributed by atoms with Crippen molar-refractivity contribution in [3.05, 3.63) is 46.9 Å². The van der Waals surface area contributed by atoms with Gasteiger partial charge in [0.25, 0.3) is 0 Å². The lowest BCUT2D eigenvalue weighted by atomic mass is 10.1. The molecule has 0 aliphatic rings. The fourth-order valence-corrected chi connectivity index (χ4v) is 2.03. The molecule has 0 fully saturated rings. The van der Waals surface area contributed by atoms with Gasteiger partial charge in [-0.25, -0.2) is 0 Å². The van der Waals surface area contributed by atoms with Crippen molar-refractivity contribution in [2.24, 2.45) is 10.9 Å². The predicted molar refractivity (Wildman–Crippen MR) is 80.4 cm³/mol. The minimum Gasteiger partial charge on any atom is -0.409 e. The highest BCUT2D eigenvalue weighted by Crippen LogP contribution is 2.22. The Kier molecular flexibility index (Phi) is 4.32. The third kappa shape index (κ3) is 3.07. The minimum atomic E-state index is 0.0216. The lowest BCUT2D eigenvalue weighted by molar-refractivity contribution is 0.318. The summed E-state index contributed by atoms with van der Waals surface area (Å²) in [4.78, 5) is 6.15. The molecule has 0 aliphatic carbocycles. The summed E-state index contributed by atoms with van der Waals surface area (Å²) in [7, 11) is 1.86. The molecule has 2 heterocycles. The molecule has 0 unspecified atom stereocenters. The number of nitrogens with zero attached hydrogens (tertiary/aromatic N) is 5. The lowest BCUT2D eigenvalue weighted by Gasteiger charge is -2.21. The summed E-state index contributed by atoms with van der Waals surface area (Å²) in [6.45, 7) is 4.25. The van der Waals surface area contributed by atoms with Crippen molar-refractivity contribution < 1.29 is 5.21 Å². The summed E-state index contributed by atoms with van der Waals surface area (Å²) >= 11 is 0. The molecule has 0 saturated carbocycles. The monoisotopic (exact) mass is 286 g/mol. The summed E-state index contributed by atoms with van der Waals surface area (Å²) in [5.41, 5.74) is 8.84. The number of oxime groups is 1. The Labute approximate surface area is 123 Å². The molecule has 0 spiro atoms. The smallest absolute Gasteiger partial charge is 0.174 e. The molecule has 0 radical (unpaired) electrons. The van der Waals surface area contributed by atoms with Gasteiger partial charge < -0.3 is 15.8 Å². The van der Waals surface area contributed by atoms with Crippen LogP contribution in [0.5, 0.6) is 0 Å². The molecule has 21 heavy (non-hydrogen) atoms. The Morgan fingerprint density at radius 1 is 1.33 bits per heavy atom. The summed E-state index contributed by atoms with van der Waals surface area (Å²) < 4.78 is 0. The van der Waals surface area contributed by atoms with Gasteiger partial charge in [-0.1, -0.05) is 11.2 Å². The number of aromatic nitrogens is 3. The third-order valence-corrected chi connectivity index (χ3v) is 3.29. The number of anilines is 1. The van der Waals surface area contributed by atoms with Crippen LogP contribution in [0.4, 0.5) is 5.82 Å². The van der Waals surface area contributed by atoms with E-state index >= 15 is 0 Å². The van der Waals surface area contributed by atoms with Gasteiger partial charge in [0.2, 0.25) is 0 Å². The first-order valence-corrected chi connectivity index (χ1v) is 6.47. The van der Waals surface area contributed by atoms with Crippen LogP contribution in [0.2, 0.25) is 0 Å². The van der Waals surface area contributed by atoms with Crippen LogP contribution in [0.25, 0.3) is 0 Å². The van der Waals surface area contributed by atoms with E-state index in [1.807, 2.05) is 44.0 Å². The molecule has 0 bridgehead atoms. The van der Waals surface area contributed by atoms with E-state index in [-0.39, 0.29) is 5.84 Å². The molecule has 0 aliphatic heterocycles. The maximum atomic E-state index is 8.98. The zero-order chi connectivity index (χ0) is 15.4. The molecule has 0 saturated heterocycles. The zero-order valence-corrected chi connectivity index (χ0v) is 12.3. The van der Waals surface area contributed by atoms with Crippen LogP contribution in [0.15, 0.2) is 29.6 Å². The van der Waals surface area contributed by atoms with Crippen LogP contribution < -0.4 is 10.6 Å². The van der Waals surface area contributed by atoms with E-state index in [0.29, 0.717) is 17.9 Å².